The first-order chi connectivity index (χ1) is 7.93. The van der Waals surface area contributed by atoms with E-state index in [1.165, 1.54) is 0 Å². The molecule has 1 rings (SSSR count). The molecule has 0 amide bonds. The highest BCUT2D eigenvalue weighted by atomic mass is 79.9. The number of carbonyl (C=O) groups excluding carboxylic acids is 1. The van der Waals surface area contributed by atoms with Crippen LogP contribution in [0.15, 0.2) is 22.7 Å². The molecule has 0 radical (unpaired) electrons. The Hall–Kier alpha value is -1.03. The lowest BCUT2D eigenvalue weighted by Crippen LogP contribution is -2.31. The summed E-state index contributed by atoms with van der Waals surface area (Å²) in [7, 11) is 1.61. The smallest absolute Gasteiger partial charge is 0.315 e. The lowest BCUT2D eigenvalue weighted by atomic mass is 9.85. The predicted molar refractivity (Wildman–Crippen MR) is 70.4 cm³/mol. The lowest BCUT2D eigenvalue weighted by molar-refractivity contribution is -0.148. The second kappa shape index (κ2) is 5.54. The Morgan fingerprint density at radius 1 is 1.41 bits per heavy atom. The number of rotatable bonds is 4. The molecule has 0 aliphatic rings. The Bertz CT molecular complexity index is 413. The Morgan fingerprint density at radius 3 is 2.53 bits per heavy atom. The second-order valence-corrected chi connectivity index (χ2v) is 5.05. The van der Waals surface area contributed by atoms with Crippen molar-refractivity contribution in [3.8, 4) is 5.75 Å². The molecule has 0 unspecified atom stereocenters. The summed E-state index contributed by atoms with van der Waals surface area (Å²) in [6.07, 6.45) is 0. The van der Waals surface area contributed by atoms with Crippen molar-refractivity contribution in [1.29, 1.82) is 0 Å². The molecule has 94 valence electrons. The van der Waals surface area contributed by atoms with E-state index >= 15 is 0 Å². The third-order valence-corrected chi connectivity index (χ3v) is 3.28. The van der Waals surface area contributed by atoms with E-state index < -0.39 is 5.41 Å². The van der Waals surface area contributed by atoms with Crippen LogP contribution in [0.3, 0.4) is 0 Å². The van der Waals surface area contributed by atoms with Gasteiger partial charge in [0, 0.05) is 0 Å². The Labute approximate surface area is 110 Å². The fourth-order valence-electron chi connectivity index (χ4n) is 1.48. The van der Waals surface area contributed by atoms with Crippen molar-refractivity contribution in [3.63, 3.8) is 0 Å². The topological polar surface area (TPSA) is 35.5 Å². The van der Waals surface area contributed by atoms with Crippen molar-refractivity contribution in [2.75, 3.05) is 13.7 Å². The predicted octanol–water partition coefficient (Wildman–Crippen LogP) is 3.30. The van der Waals surface area contributed by atoms with Gasteiger partial charge in [0.05, 0.1) is 23.6 Å². The van der Waals surface area contributed by atoms with Crippen LogP contribution in [0.1, 0.15) is 26.3 Å². The molecule has 0 N–H and O–H groups in total. The molecule has 17 heavy (non-hydrogen) atoms. The van der Waals surface area contributed by atoms with E-state index in [0.29, 0.717) is 6.61 Å². The van der Waals surface area contributed by atoms with Gasteiger partial charge in [0.2, 0.25) is 0 Å². The largest absolute Gasteiger partial charge is 0.496 e. The van der Waals surface area contributed by atoms with Gasteiger partial charge in [-0.3, -0.25) is 4.79 Å². The van der Waals surface area contributed by atoms with E-state index in [1.807, 2.05) is 32.0 Å². The van der Waals surface area contributed by atoms with Crippen LogP contribution in [0.5, 0.6) is 5.75 Å². The molecule has 0 aliphatic heterocycles. The van der Waals surface area contributed by atoms with Gasteiger partial charge >= 0.3 is 5.97 Å². The molecule has 4 heteroatoms. The summed E-state index contributed by atoms with van der Waals surface area (Å²) in [5.74, 6) is 0.519. The minimum Gasteiger partial charge on any atom is -0.496 e. The number of carbonyl (C=O) groups is 1. The number of halogens is 1. The van der Waals surface area contributed by atoms with Crippen molar-refractivity contribution in [3.05, 3.63) is 28.2 Å². The van der Waals surface area contributed by atoms with Crippen molar-refractivity contribution in [1.82, 2.24) is 0 Å². The van der Waals surface area contributed by atoms with Gasteiger partial charge in [-0.05, 0) is 54.4 Å². The fraction of sp³-hybridized carbons (Fsp3) is 0.462. The van der Waals surface area contributed by atoms with E-state index in [4.69, 9.17) is 9.47 Å². The zero-order valence-corrected chi connectivity index (χ0v) is 12.1. The molecular formula is C13H17BrO3. The van der Waals surface area contributed by atoms with Gasteiger partial charge in [0.25, 0.3) is 0 Å². The maximum absolute atomic E-state index is 11.9. The van der Waals surface area contributed by atoms with Crippen LogP contribution in [0.25, 0.3) is 0 Å². The van der Waals surface area contributed by atoms with E-state index in [9.17, 15) is 4.79 Å². The summed E-state index contributed by atoms with van der Waals surface area (Å²) in [6, 6.07) is 5.59. The van der Waals surface area contributed by atoms with Gasteiger partial charge in [-0.1, -0.05) is 6.07 Å². The molecule has 0 saturated heterocycles. The normalized spacial score (nSPS) is 11.1. The summed E-state index contributed by atoms with van der Waals surface area (Å²) in [5.41, 5.74) is 0.230. The number of methoxy groups -OCH3 is 1. The van der Waals surface area contributed by atoms with E-state index in [-0.39, 0.29) is 5.97 Å². The summed E-state index contributed by atoms with van der Waals surface area (Å²) >= 11 is 3.41. The van der Waals surface area contributed by atoms with Crippen molar-refractivity contribution < 1.29 is 14.3 Å². The SMILES string of the molecule is CCOC(=O)C(C)(C)c1ccc(OC)c(Br)c1. The van der Waals surface area contributed by atoms with Gasteiger partial charge < -0.3 is 9.47 Å². The van der Waals surface area contributed by atoms with Crippen LogP contribution >= 0.6 is 15.9 Å². The molecule has 0 fully saturated rings. The van der Waals surface area contributed by atoms with Crippen LogP contribution in [0, 0.1) is 0 Å². The van der Waals surface area contributed by atoms with Crippen molar-refractivity contribution in [2.45, 2.75) is 26.2 Å². The molecule has 0 aliphatic carbocycles. The minimum atomic E-state index is -0.662. The van der Waals surface area contributed by atoms with E-state index in [2.05, 4.69) is 15.9 Å². The zero-order valence-electron chi connectivity index (χ0n) is 10.5. The summed E-state index contributed by atoms with van der Waals surface area (Å²) in [4.78, 5) is 11.9. The van der Waals surface area contributed by atoms with Gasteiger partial charge in [-0.15, -0.1) is 0 Å². The molecule has 0 aromatic heterocycles. The molecule has 0 heterocycles. The van der Waals surface area contributed by atoms with Crippen molar-refractivity contribution >= 4 is 21.9 Å². The van der Waals surface area contributed by atoms with E-state index in [0.717, 1.165) is 15.8 Å². The van der Waals surface area contributed by atoms with Crippen LogP contribution in [-0.2, 0) is 14.9 Å². The highest BCUT2D eigenvalue weighted by Gasteiger charge is 2.31. The maximum Gasteiger partial charge on any atom is 0.315 e. The Balaban J connectivity index is 3.07. The first-order valence-corrected chi connectivity index (χ1v) is 6.24. The highest BCUT2D eigenvalue weighted by Crippen LogP contribution is 2.32. The molecule has 1 aromatic rings. The molecule has 0 saturated carbocycles. The summed E-state index contributed by atoms with van der Waals surface area (Å²) in [6.45, 7) is 5.88. The molecule has 3 nitrogen and oxygen atoms in total. The van der Waals surface area contributed by atoms with E-state index in [1.54, 1.807) is 14.0 Å². The summed E-state index contributed by atoms with van der Waals surface area (Å²) < 4.78 is 11.1. The van der Waals surface area contributed by atoms with Gasteiger partial charge in [0.1, 0.15) is 5.75 Å². The Morgan fingerprint density at radius 2 is 2.06 bits per heavy atom. The van der Waals surface area contributed by atoms with Gasteiger partial charge in [0.15, 0.2) is 0 Å². The first-order valence-electron chi connectivity index (χ1n) is 5.44. The molecule has 0 spiro atoms. The third kappa shape index (κ3) is 3.00. The van der Waals surface area contributed by atoms with Crippen LogP contribution in [0.4, 0.5) is 0 Å². The number of benzene rings is 1. The molecule has 1 aromatic carbocycles. The maximum atomic E-state index is 11.9. The zero-order chi connectivity index (χ0) is 13.1. The molecule has 0 atom stereocenters. The Kier molecular flexibility index (Phi) is 4.57. The third-order valence-electron chi connectivity index (χ3n) is 2.66. The lowest BCUT2D eigenvalue weighted by Gasteiger charge is -2.23. The van der Waals surface area contributed by atoms with Gasteiger partial charge in [-0.2, -0.15) is 0 Å². The number of ether oxygens (including phenoxy) is 2. The second-order valence-electron chi connectivity index (χ2n) is 4.19. The minimum absolute atomic E-state index is 0.225. The average Bonchev–Trinajstić information content (AvgIpc) is 2.29. The van der Waals surface area contributed by atoms with Crippen LogP contribution in [-0.4, -0.2) is 19.7 Å². The quantitative estimate of drug-likeness (QED) is 0.801. The fourth-order valence-corrected chi connectivity index (χ4v) is 2.03. The molecule has 0 bridgehead atoms. The average molecular weight is 301 g/mol. The van der Waals surface area contributed by atoms with Crippen LogP contribution in [0.2, 0.25) is 0 Å². The van der Waals surface area contributed by atoms with Crippen molar-refractivity contribution in [2.24, 2.45) is 0 Å². The number of hydrogen-bond donors (Lipinski definition) is 0. The summed E-state index contributed by atoms with van der Waals surface area (Å²) in [5, 5.41) is 0. The number of esters is 1. The standard InChI is InChI=1S/C13H17BrO3/c1-5-17-12(15)13(2,3)9-6-7-11(16-4)10(14)8-9/h6-8H,5H2,1-4H3. The highest BCUT2D eigenvalue weighted by molar-refractivity contribution is 9.10. The molecular weight excluding hydrogens is 284 g/mol. The first kappa shape index (κ1) is 14.0. The van der Waals surface area contributed by atoms with Gasteiger partial charge in [-0.25, -0.2) is 0 Å². The monoisotopic (exact) mass is 300 g/mol. The number of hydrogen-bond acceptors (Lipinski definition) is 3. The van der Waals surface area contributed by atoms with Crippen LogP contribution < -0.4 is 4.74 Å².